The van der Waals surface area contributed by atoms with E-state index in [1.165, 1.54) is 0 Å². The van der Waals surface area contributed by atoms with E-state index in [1.807, 2.05) is 26.0 Å². The molecule has 1 aromatic rings. The molecular weight excluding hydrogens is 318 g/mol. The van der Waals surface area contributed by atoms with Crippen LogP contribution in [0, 0.1) is 5.92 Å². The molecule has 0 heterocycles. The van der Waals surface area contributed by atoms with Crippen LogP contribution in [0.1, 0.15) is 39.5 Å². The lowest BCUT2D eigenvalue weighted by atomic mass is 9.74. The minimum Gasteiger partial charge on any atom is -0.495 e. The number of carbonyl (C=O) groups excluding carboxylic acids is 2. The molecule has 0 radical (unpaired) electrons. The zero-order valence-electron chi connectivity index (χ0n) is 15.4. The number of hydrogen-bond acceptors (Lipinski definition) is 4. The summed E-state index contributed by atoms with van der Waals surface area (Å²) in [4.78, 5) is 26.9. The van der Waals surface area contributed by atoms with Gasteiger partial charge in [0.1, 0.15) is 5.75 Å². The van der Waals surface area contributed by atoms with E-state index in [9.17, 15) is 9.59 Å². The molecule has 2 atom stereocenters. The van der Waals surface area contributed by atoms with Crippen molar-refractivity contribution in [2.24, 2.45) is 11.7 Å². The van der Waals surface area contributed by atoms with Crippen LogP contribution in [0.15, 0.2) is 24.3 Å². The van der Waals surface area contributed by atoms with Crippen molar-refractivity contribution >= 4 is 17.5 Å². The number of nitrogens with one attached hydrogen (secondary N) is 1. The number of amides is 2. The fourth-order valence-electron chi connectivity index (χ4n) is 3.44. The minimum atomic E-state index is -0.498. The first-order valence-corrected chi connectivity index (χ1v) is 8.89. The molecule has 25 heavy (non-hydrogen) atoms. The maximum absolute atomic E-state index is 12.9. The Morgan fingerprint density at radius 2 is 2.08 bits per heavy atom. The van der Waals surface area contributed by atoms with Crippen LogP contribution < -0.4 is 15.8 Å². The van der Waals surface area contributed by atoms with Crippen LogP contribution in [0.2, 0.25) is 0 Å². The Labute approximate surface area is 149 Å². The quantitative estimate of drug-likeness (QED) is 0.827. The SMILES string of the molecule is CCN(CC(=O)Nc1ccccc1OC)C(=O)C1CCCCC1(C)N. The molecule has 0 saturated heterocycles. The van der Waals surface area contributed by atoms with Gasteiger partial charge in [0.15, 0.2) is 0 Å². The molecule has 1 aliphatic carbocycles. The lowest BCUT2D eigenvalue weighted by Gasteiger charge is -2.39. The third-order valence-electron chi connectivity index (χ3n) is 4.96. The topological polar surface area (TPSA) is 84.7 Å². The molecule has 1 aromatic carbocycles. The summed E-state index contributed by atoms with van der Waals surface area (Å²) in [5.74, 6) is 0.101. The van der Waals surface area contributed by atoms with Gasteiger partial charge in [0.2, 0.25) is 11.8 Å². The predicted octanol–water partition coefficient (Wildman–Crippen LogP) is 2.39. The first kappa shape index (κ1) is 19.2. The number of nitrogens with two attached hydrogens (primary N) is 1. The molecule has 6 heteroatoms. The highest BCUT2D eigenvalue weighted by molar-refractivity contribution is 5.96. The summed E-state index contributed by atoms with van der Waals surface area (Å²) in [5, 5.41) is 2.82. The summed E-state index contributed by atoms with van der Waals surface area (Å²) in [6.07, 6.45) is 3.69. The second-order valence-electron chi connectivity index (χ2n) is 6.91. The number of ether oxygens (including phenoxy) is 1. The fourth-order valence-corrected chi connectivity index (χ4v) is 3.44. The normalized spacial score (nSPS) is 23.0. The van der Waals surface area contributed by atoms with Gasteiger partial charge in [-0.1, -0.05) is 25.0 Å². The summed E-state index contributed by atoms with van der Waals surface area (Å²) < 4.78 is 5.24. The molecule has 0 aliphatic heterocycles. The molecule has 2 unspecified atom stereocenters. The Morgan fingerprint density at radius 3 is 2.72 bits per heavy atom. The number of likely N-dealkylation sites (N-methyl/N-ethyl adjacent to an activating group) is 1. The van der Waals surface area contributed by atoms with Crippen molar-refractivity contribution in [1.29, 1.82) is 0 Å². The number of anilines is 1. The molecule has 0 aromatic heterocycles. The van der Waals surface area contributed by atoms with E-state index in [1.54, 1.807) is 24.1 Å². The zero-order chi connectivity index (χ0) is 18.4. The number of benzene rings is 1. The van der Waals surface area contributed by atoms with Gasteiger partial charge in [-0.05, 0) is 38.8 Å². The number of methoxy groups -OCH3 is 1. The highest BCUT2D eigenvalue weighted by Crippen LogP contribution is 2.33. The van der Waals surface area contributed by atoms with E-state index in [4.69, 9.17) is 10.5 Å². The summed E-state index contributed by atoms with van der Waals surface area (Å²) in [5.41, 5.74) is 6.44. The van der Waals surface area contributed by atoms with Crippen LogP contribution in [0.3, 0.4) is 0 Å². The minimum absolute atomic E-state index is 0.0139. The number of nitrogens with zero attached hydrogens (tertiary/aromatic N) is 1. The average Bonchev–Trinajstić information content (AvgIpc) is 2.59. The Hall–Kier alpha value is -2.08. The first-order valence-electron chi connectivity index (χ1n) is 8.89. The molecule has 2 amide bonds. The average molecular weight is 347 g/mol. The van der Waals surface area contributed by atoms with Crippen molar-refractivity contribution in [2.75, 3.05) is 25.5 Å². The zero-order valence-corrected chi connectivity index (χ0v) is 15.4. The smallest absolute Gasteiger partial charge is 0.244 e. The van der Waals surface area contributed by atoms with Gasteiger partial charge in [0.25, 0.3) is 0 Å². The lowest BCUT2D eigenvalue weighted by Crippen LogP contribution is -2.54. The Balaban J connectivity index is 2.03. The third kappa shape index (κ3) is 4.72. The largest absolute Gasteiger partial charge is 0.495 e. The van der Waals surface area contributed by atoms with Gasteiger partial charge in [-0.3, -0.25) is 9.59 Å². The van der Waals surface area contributed by atoms with E-state index in [0.29, 0.717) is 18.0 Å². The monoisotopic (exact) mass is 347 g/mol. The van der Waals surface area contributed by atoms with Gasteiger partial charge in [0.05, 0.1) is 25.3 Å². The first-order chi connectivity index (χ1) is 11.9. The summed E-state index contributed by atoms with van der Waals surface area (Å²) in [7, 11) is 1.55. The summed E-state index contributed by atoms with van der Waals surface area (Å²) in [6.45, 7) is 4.31. The van der Waals surface area contributed by atoms with Crippen LogP contribution >= 0.6 is 0 Å². The maximum atomic E-state index is 12.9. The van der Waals surface area contributed by atoms with E-state index in [2.05, 4.69) is 5.32 Å². The van der Waals surface area contributed by atoms with E-state index >= 15 is 0 Å². The van der Waals surface area contributed by atoms with Gasteiger partial charge >= 0.3 is 0 Å². The number of para-hydroxylation sites is 2. The van der Waals surface area contributed by atoms with Crippen LogP contribution in [-0.4, -0.2) is 42.5 Å². The third-order valence-corrected chi connectivity index (χ3v) is 4.96. The molecule has 6 nitrogen and oxygen atoms in total. The predicted molar refractivity (Wildman–Crippen MR) is 98.4 cm³/mol. The van der Waals surface area contributed by atoms with Crippen molar-refractivity contribution in [1.82, 2.24) is 4.90 Å². The second-order valence-corrected chi connectivity index (χ2v) is 6.91. The van der Waals surface area contributed by atoms with Gasteiger partial charge in [-0.25, -0.2) is 0 Å². The lowest BCUT2D eigenvalue weighted by molar-refractivity contribution is -0.141. The molecule has 3 N–H and O–H groups in total. The van der Waals surface area contributed by atoms with Gasteiger partial charge < -0.3 is 20.7 Å². The second kappa shape index (κ2) is 8.34. The number of carbonyl (C=O) groups is 2. The van der Waals surface area contributed by atoms with Crippen molar-refractivity contribution in [3.05, 3.63) is 24.3 Å². The van der Waals surface area contributed by atoms with Crippen molar-refractivity contribution < 1.29 is 14.3 Å². The molecule has 138 valence electrons. The van der Waals surface area contributed by atoms with E-state index in [0.717, 1.165) is 25.7 Å². The molecule has 1 aliphatic rings. The Bertz CT molecular complexity index is 616. The molecule has 0 bridgehead atoms. The highest BCUT2D eigenvalue weighted by Gasteiger charge is 2.39. The van der Waals surface area contributed by atoms with Crippen LogP contribution in [0.25, 0.3) is 0 Å². The van der Waals surface area contributed by atoms with Crippen molar-refractivity contribution in [2.45, 2.75) is 45.1 Å². The number of hydrogen-bond donors (Lipinski definition) is 2. The van der Waals surface area contributed by atoms with Crippen LogP contribution in [0.4, 0.5) is 5.69 Å². The standard InChI is InChI=1S/C19H29N3O3/c1-4-22(18(24)14-9-7-8-12-19(14,2)20)13-17(23)21-15-10-5-6-11-16(15)25-3/h5-6,10-11,14H,4,7-9,12-13,20H2,1-3H3,(H,21,23). The molecule has 2 rings (SSSR count). The Kier molecular flexibility index (Phi) is 6.42. The highest BCUT2D eigenvalue weighted by atomic mass is 16.5. The number of rotatable bonds is 6. The molecule has 1 saturated carbocycles. The molecule has 1 fully saturated rings. The van der Waals surface area contributed by atoms with Gasteiger partial charge in [-0.2, -0.15) is 0 Å². The van der Waals surface area contributed by atoms with Crippen molar-refractivity contribution in [3.8, 4) is 5.75 Å². The van der Waals surface area contributed by atoms with Crippen LogP contribution in [0.5, 0.6) is 5.75 Å². The maximum Gasteiger partial charge on any atom is 0.244 e. The summed E-state index contributed by atoms with van der Waals surface area (Å²) in [6, 6.07) is 7.21. The van der Waals surface area contributed by atoms with Gasteiger partial charge in [-0.15, -0.1) is 0 Å². The fraction of sp³-hybridized carbons (Fsp3) is 0.579. The van der Waals surface area contributed by atoms with Gasteiger partial charge in [0, 0.05) is 12.1 Å². The van der Waals surface area contributed by atoms with E-state index < -0.39 is 5.54 Å². The summed E-state index contributed by atoms with van der Waals surface area (Å²) >= 11 is 0. The molecule has 0 spiro atoms. The van der Waals surface area contributed by atoms with E-state index in [-0.39, 0.29) is 24.3 Å². The Morgan fingerprint density at radius 1 is 1.36 bits per heavy atom. The van der Waals surface area contributed by atoms with Crippen LogP contribution in [-0.2, 0) is 9.59 Å². The van der Waals surface area contributed by atoms with Crippen molar-refractivity contribution in [3.63, 3.8) is 0 Å². The molecular formula is C19H29N3O3.